The molecule has 0 aromatic heterocycles. The summed E-state index contributed by atoms with van der Waals surface area (Å²) in [5.74, 6) is 1.29. The summed E-state index contributed by atoms with van der Waals surface area (Å²) in [5.41, 5.74) is 2.22. The van der Waals surface area contributed by atoms with Crippen molar-refractivity contribution < 1.29 is 5.11 Å². The van der Waals surface area contributed by atoms with Gasteiger partial charge >= 0.3 is 0 Å². The van der Waals surface area contributed by atoms with Crippen molar-refractivity contribution in [2.75, 3.05) is 11.8 Å². The first-order valence-electron chi connectivity index (χ1n) is 6.61. The summed E-state index contributed by atoms with van der Waals surface area (Å²) in [6, 6.07) is 17.5. The second-order valence-electron chi connectivity index (χ2n) is 5.27. The average molecular weight is 309 g/mol. The molecule has 0 radical (unpaired) electrons. The van der Waals surface area contributed by atoms with Crippen molar-refractivity contribution in [1.29, 1.82) is 0 Å². The first-order chi connectivity index (χ1) is 9.67. The summed E-state index contributed by atoms with van der Waals surface area (Å²) in [4.78, 5) is 0. The number of phenolic OH excluding ortho intramolecular Hbond substituents is 1. The molecular formula is C17H18Cl2O. The summed E-state index contributed by atoms with van der Waals surface area (Å²) >= 11 is 12.4. The highest BCUT2D eigenvalue weighted by Gasteiger charge is 2.29. The van der Waals surface area contributed by atoms with Gasteiger partial charge in [0.05, 0.1) is 0 Å². The summed E-state index contributed by atoms with van der Waals surface area (Å²) in [6.07, 6.45) is 1.65. The van der Waals surface area contributed by atoms with E-state index in [0.717, 1.165) is 18.4 Å². The van der Waals surface area contributed by atoms with Gasteiger partial charge in [-0.05, 0) is 36.1 Å². The van der Waals surface area contributed by atoms with E-state index in [9.17, 15) is 5.11 Å². The van der Waals surface area contributed by atoms with Crippen molar-refractivity contribution in [3.63, 3.8) is 0 Å². The molecule has 0 saturated carbocycles. The van der Waals surface area contributed by atoms with Crippen LogP contribution in [0.1, 0.15) is 11.1 Å². The van der Waals surface area contributed by atoms with Crippen LogP contribution in [0.5, 0.6) is 5.75 Å². The Bertz CT molecular complexity index is 518. The Balaban J connectivity index is 2.18. The smallest absolute Gasteiger partial charge is 0.115 e. The Labute approximate surface area is 130 Å². The van der Waals surface area contributed by atoms with Crippen molar-refractivity contribution >= 4 is 23.2 Å². The van der Waals surface area contributed by atoms with Crippen LogP contribution < -0.4 is 0 Å². The van der Waals surface area contributed by atoms with Gasteiger partial charge in [0, 0.05) is 17.2 Å². The second-order valence-corrected chi connectivity index (χ2v) is 5.81. The predicted octanol–water partition coefficient (Wildman–Crippen LogP) is 4.64. The molecular weight excluding hydrogens is 291 g/mol. The standard InChI is InChI=1S/C17H18Cl2O/c18-12-17(13-19,10-14-4-2-1-3-5-14)11-15-6-8-16(20)9-7-15/h1-9,20H,10-13H2. The van der Waals surface area contributed by atoms with E-state index in [1.165, 1.54) is 5.56 Å². The number of halogens is 2. The summed E-state index contributed by atoms with van der Waals surface area (Å²) in [5, 5.41) is 9.35. The van der Waals surface area contributed by atoms with E-state index < -0.39 is 0 Å². The Morgan fingerprint density at radius 3 is 1.75 bits per heavy atom. The summed E-state index contributed by atoms with van der Waals surface area (Å²) in [7, 11) is 0. The SMILES string of the molecule is Oc1ccc(CC(CCl)(CCl)Cc2ccccc2)cc1. The van der Waals surface area contributed by atoms with Gasteiger partial charge < -0.3 is 5.11 Å². The van der Waals surface area contributed by atoms with Crippen LogP contribution in [0, 0.1) is 5.41 Å². The zero-order valence-corrected chi connectivity index (χ0v) is 12.7. The van der Waals surface area contributed by atoms with Crippen LogP contribution in [0.2, 0.25) is 0 Å². The van der Waals surface area contributed by atoms with Gasteiger partial charge in [-0.1, -0.05) is 42.5 Å². The van der Waals surface area contributed by atoms with E-state index in [1.54, 1.807) is 12.1 Å². The molecule has 0 aliphatic rings. The van der Waals surface area contributed by atoms with Gasteiger partial charge in [-0.15, -0.1) is 23.2 Å². The molecule has 1 N–H and O–H groups in total. The third-order valence-electron chi connectivity index (χ3n) is 3.50. The Morgan fingerprint density at radius 1 is 0.750 bits per heavy atom. The molecule has 0 fully saturated rings. The lowest BCUT2D eigenvalue weighted by Crippen LogP contribution is -2.30. The van der Waals surface area contributed by atoms with Gasteiger partial charge in [-0.25, -0.2) is 0 Å². The normalized spacial score (nSPS) is 11.5. The van der Waals surface area contributed by atoms with Gasteiger partial charge in [0.25, 0.3) is 0 Å². The number of phenols is 1. The lowest BCUT2D eigenvalue weighted by atomic mass is 9.80. The van der Waals surface area contributed by atoms with E-state index in [0.29, 0.717) is 11.8 Å². The molecule has 2 aromatic rings. The highest BCUT2D eigenvalue weighted by Crippen LogP contribution is 2.31. The fraction of sp³-hybridized carbons (Fsp3) is 0.294. The number of benzene rings is 2. The van der Waals surface area contributed by atoms with Gasteiger partial charge in [0.2, 0.25) is 0 Å². The Hall–Kier alpha value is -1.18. The fourth-order valence-electron chi connectivity index (χ4n) is 2.36. The quantitative estimate of drug-likeness (QED) is 0.771. The molecule has 2 aromatic carbocycles. The third kappa shape index (κ3) is 3.91. The van der Waals surface area contributed by atoms with Crippen molar-refractivity contribution in [2.24, 2.45) is 5.41 Å². The average Bonchev–Trinajstić information content (AvgIpc) is 2.50. The molecule has 2 rings (SSSR count). The van der Waals surface area contributed by atoms with Crippen LogP contribution >= 0.6 is 23.2 Å². The molecule has 0 heterocycles. The van der Waals surface area contributed by atoms with Crippen LogP contribution in [0.15, 0.2) is 54.6 Å². The minimum Gasteiger partial charge on any atom is -0.508 e. The van der Waals surface area contributed by atoms with Crippen LogP contribution in [-0.4, -0.2) is 16.9 Å². The highest BCUT2D eigenvalue weighted by molar-refractivity contribution is 6.21. The van der Waals surface area contributed by atoms with E-state index >= 15 is 0 Å². The lowest BCUT2D eigenvalue weighted by molar-refractivity contribution is 0.373. The number of rotatable bonds is 6. The second kappa shape index (κ2) is 7.01. The number of aromatic hydroxyl groups is 1. The Kier molecular flexibility index (Phi) is 5.33. The summed E-state index contributed by atoms with van der Waals surface area (Å²) < 4.78 is 0. The monoisotopic (exact) mass is 308 g/mol. The van der Waals surface area contributed by atoms with E-state index in [4.69, 9.17) is 23.2 Å². The number of alkyl halides is 2. The van der Waals surface area contributed by atoms with E-state index in [-0.39, 0.29) is 11.2 Å². The zero-order valence-electron chi connectivity index (χ0n) is 11.2. The van der Waals surface area contributed by atoms with E-state index in [2.05, 4.69) is 12.1 Å². The molecule has 0 saturated heterocycles. The molecule has 3 heteroatoms. The molecule has 1 nitrogen and oxygen atoms in total. The van der Waals surface area contributed by atoms with Crippen molar-refractivity contribution in [1.82, 2.24) is 0 Å². The van der Waals surface area contributed by atoms with Crippen molar-refractivity contribution in [3.8, 4) is 5.75 Å². The number of hydrogen-bond donors (Lipinski definition) is 1. The van der Waals surface area contributed by atoms with Gasteiger partial charge in [-0.3, -0.25) is 0 Å². The first-order valence-corrected chi connectivity index (χ1v) is 7.68. The van der Waals surface area contributed by atoms with E-state index in [1.807, 2.05) is 30.3 Å². The molecule has 0 aliphatic heterocycles. The van der Waals surface area contributed by atoms with Crippen LogP contribution in [0.4, 0.5) is 0 Å². The molecule has 106 valence electrons. The van der Waals surface area contributed by atoms with Crippen LogP contribution in [-0.2, 0) is 12.8 Å². The van der Waals surface area contributed by atoms with Crippen molar-refractivity contribution in [3.05, 3.63) is 65.7 Å². The maximum atomic E-state index is 9.35. The summed E-state index contributed by atoms with van der Waals surface area (Å²) in [6.45, 7) is 0. The molecule has 20 heavy (non-hydrogen) atoms. The van der Waals surface area contributed by atoms with Gasteiger partial charge in [-0.2, -0.15) is 0 Å². The third-order valence-corrected chi connectivity index (χ3v) is 4.64. The molecule has 0 spiro atoms. The molecule has 0 unspecified atom stereocenters. The van der Waals surface area contributed by atoms with Crippen LogP contribution in [0.3, 0.4) is 0 Å². The largest absolute Gasteiger partial charge is 0.508 e. The topological polar surface area (TPSA) is 20.2 Å². The minimum atomic E-state index is -0.165. The first kappa shape index (κ1) is 15.2. The molecule has 0 aliphatic carbocycles. The minimum absolute atomic E-state index is 0.165. The maximum absolute atomic E-state index is 9.35. The number of hydrogen-bond acceptors (Lipinski definition) is 1. The van der Waals surface area contributed by atoms with Crippen molar-refractivity contribution in [2.45, 2.75) is 12.8 Å². The molecule has 0 atom stereocenters. The van der Waals surface area contributed by atoms with Gasteiger partial charge in [0.1, 0.15) is 5.75 Å². The lowest BCUT2D eigenvalue weighted by Gasteiger charge is -2.30. The van der Waals surface area contributed by atoms with Gasteiger partial charge in [0.15, 0.2) is 0 Å². The molecule has 0 amide bonds. The predicted molar refractivity (Wildman–Crippen MR) is 85.8 cm³/mol. The molecule has 0 bridgehead atoms. The Morgan fingerprint density at radius 2 is 1.25 bits per heavy atom. The maximum Gasteiger partial charge on any atom is 0.115 e. The van der Waals surface area contributed by atoms with Crippen LogP contribution in [0.25, 0.3) is 0 Å². The fourth-order valence-corrected chi connectivity index (χ4v) is 3.03. The zero-order chi connectivity index (χ0) is 14.4. The highest BCUT2D eigenvalue weighted by atomic mass is 35.5.